The molecule has 0 spiro atoms. The minimum atomic E-state index is -0.878. The van der Waals surface area contributed by atoms with Crippen LogP contribution in [0.15, 0.2) is 52.9 Å². The summed E-state index contributed by atoms with van der Waals surface area (Å²) in [7, 11) is 0. The molecule has 1 aromatic heterocycles. The average Bonchev–Trinajstić information content (AvgIpc) is 2.72. The summed E-state index contributed by atoms with van der Waals surface area (Å²) in [5, 5.41) is 0. The van der Waals surface area contributed by atoms with E-state index in [0.717, 1.165) is 20.0 Å². The topological polar surface area (TPSA) is 129 Å². The minimum Gasteiger partial charge on any atom is -0.476 e. The van der Waals surface area contributed by atoms with E-state index in [2.05, 4.69) is 24.5 Å². The minimum absolute atomic E-state index is 0.0383. The number of esters is 1. The standard InChI is InChI=1S/C18H25N3O9/c1-4-26-13-28-11-9-20-16(23)19(8-7-15(22)30-6-3)17(24)21(18(20)25)10-12-29-14-27-5-2/h4-6H,1-3,7-14H2. The number of aromatic nitrogens is 3. The van der Waals surface area contributed by atoms with Crippen molar-refractivity contribution in [2.24, 2.45) is 0 Å². The number of ether oxygens (including phenoxy) is 5. The van der Waals surface area contributed by atoms with E-state index in [1.165, 1.54) is 12.5 Å². The Bertz CT molecular complexity index is 841. The van der Waals surface area contributed by atoms with Crippen LogP contribution >= 0.6 is 0 Å². The van der Waals surface area contributed by atoms with Gasteiger partial charge in [-0.2, -0.15) is 0 Å². The Balaban J connectivity index is 3.12. The van der Waals surface area contributed by atoms with Crippen molar-refractivity contribution >= 4 is 5.97 Å². The molecule has 0 aliphatic carbocycles. The van der Waals surface area contributed by atoms with Crippen molar-refractivity contribution in [1.82, 2.24) is 13.7 Å². The van der Waals surface area contributed by atoms with Gasteiger partial charge in [-0.05, 0) is 0 Å². The molecule has 12 heteroatoms. The molecule has 166 valence electrons. The van der Waals surface area contributed by atoms with Gasteiger partial charge in [-0.3, -0.25) is 4.79 Å². The summed E-state index contributed by atoms with van der Waals surface area (Å²) in [6.07, 6.45) is 3.03. The monoisotopic (exact) mass is 427 g/mol. The number of hydrogen-bond acceptors (Lipinski definition) is 9. The first-order chi connectivity index (χ1) is 14.5. The SMILES string of the molecule is C=COCOCCn1c(=O)n(CCOCOC=C)c(=O)n(CCC(=O)OC=C)c1=O. The molecule has 1 heterocycles. The van der Waals surface area contributed by atoms with Crippen LogP contribution in [0.4, 0.5) is 0 Å². The number of hydrogen-bond donors (Lipinski definition) is 0. The van der Waals surface area contributed by atoms with Crippen molar-refractivity contribution < 1.29 is 28.5 Å². The van der Waals surface area contributed by atoms with Gasteiger partial charge in [0.15, 0.2) is 13.6 Å². The van der Waals surface area contributed by atoms with Gasteiger partial charge in [-0.25, -0.2) is 28.1 Å². The molecule has 0 unspecified atom stereocenters. The zero-order valence-electron chi connectivity index (χ0n) is 16.5. The highest BCUT2D eigenvalue weighted by molar-refractivity contribution is 5.69. The van der Waals surface area contributed by atoms with Crippen molar-refractivity contribution in [3.63, 3.8) is 0 Å². The molecule has 0 radical (unpaired) electrons. The fourth-order valence-electron chi connectivity index (χ4n) is 2.23. The van der Waals surface area contributed by atoms with Crippen LogP contribution < -0.4 is 17.1 Å². The molecule has 0 aromatic carbocycles. The summed E-state index contributed by atoms with van der Waals surface area (Å²) in [6, 6.07) is 0. The summed E-state index contributed by atoms with van der Waals surface area (Å²) in [5.74, 6) is -0.685. The summed E-state index contributed by atoms with van der Waals surface area (Å²) in [4.78, 5) is 49.5. The van der Waals surface area contributed by atoms with E-state index in [1.54, 1.807) is 0 Å². The first-order valence-electron chi connectivity index (χ1n) is 8.83. The third-order valence-electron chi connectivity index (χ3n) is 3.60. The second-order valence-corrected chi connectivity index (χ2v) is 5.43. The molecular weight excluding hydrogens is 402 g/mol. The van der Waals surface area contributed by atoms with Gasteiger partial charge in [0.1, 0.15) is 0 Å². The predicted molar refractivity (Wildman–Crippen MR) is 104 cm³/mol. The lowest BCUT2D eigenvalue weighted by Crippen LogP contribution is -2.55. The van der Waals surface area contributed by atoms with Gasteiger partial charge in [0.25, 0.3) is 0 Å². The quantitative estimate of drug-likeness (QED) is 0.149. The Morgan fingerprint density at radius 3 is 1.57 bits per heavy atom. The Labute approximate surface area is 171 Å². The van der Waals surface area contributed by atoms with Crippen LogP contribution in [0.25, 0.3) is 0 Å². The largest absolute Gasteiger partial charge is 0.476 e. The molecule has 30 heavy (non-hydrogen) atoms. The molecule has 0 bridgehead atoms. The Hall–Kier alpha value is -3.38. The lowest BCUT2D eigenvalue weighted by Gasteiger charge is -2.14. The van der Waals surface area contributed by atoms with E-state index < -0.39 is 23.0 Å². The van der Waals surface area contributed by atoms with Gasteiger partial charge >= 0.3 is 23.0 Å². The van der Waals surface area contributed by atoms with Crippen LogP contribution in [0.2, 0.25) is 0 Å². The van der Waals surface area contributed by atoms with Crippen LogP contribution in [-0.2, 0) is 48.1 Å². The van der Waals surface area contributed by atoms with Gasteiger partial charge in [0.05, 0.1) is 51.5 Å². The first kappa shape index (κ1) is 24.7. The molecule has 0 aliphatic heterocycles. The third-order valence-corrected chi connectivity index (χ3v) is 3.60. The van der Waals surface area contributed by atoms with Gasteiger partial charge < -0.3 is 23.7 Å². The average molecular weight is 427 g/mol. The molecule has 0 saturated heterocycles. The molecule has 0 N–H and O–H groups in total. The van der Waals surface area contributed by atoms with E-state index in [0.29, 0.717) is 0 Å². The number of rotatable bonds is 16. The van der Waals surface area contributed by atoms with E-state index in [1.807, 2.05) is 0 Å². The highest BCUT2D eigenvalue weighted by atomic mass is 16.7. The van der Waals surface area contributed by atoms with Crippen LogP contribution in [0.5, 0.6) is 0 Å². The zero-order chi connectivity index (χ0) is 22.4. The summed E-state index contributed by atoms with van der Waals surface area (Å²) < 4.78 is 26.8. The van der Waals surface area contributed by atoms with Crippen molar-refractivity contribution in [2.45, 2.75) is 26.1 Å². The lowest BCUT2D eigenvalue weighted by molar-refractivity contribution is -0.138. The van der Waals surface area contributed by atoms with Gasteiger partial charge in [0.2, 0.25) is 0 Å². The summed E-state index contributed by atoms with van der Waals surface area (Å²) >= 11 is 0. The smallest absolute Gasteiger partial charge is 0.336 e. The third kappa shape index (κ3) is 7.56. The molecular formula is C18H25N3O9. The van der Waals surface area contributed by atoms with E-state index in [-0.39, 0.29) is 52.9 Å². The number of carbonyl (C=O) groups excluding carboxylic acids is 1. The fourth-order valence-corrected chi connectivity index (χ4v) is 2.23. The Morgan fingerprint density at radius 1 is 0.733 bits per heavy atom. The summed E-state index contributed by atoms with van der Waals surface area (Å²) in [6.45, 7) is 9.09. The molecule has 0 atom stereocenters. The molecule has 0 amide bonds. The Kier molecular flexibility index (Phi) is 11.3. The molecule has 0 saturated carbocycles. The van der Waals surface area contributed by atoms with Crippen LogP contribution in [-0.4, -0.2) is 46.5 Å². The number of carbonyl (C=O) groups is 1. The molecule has 12 nitrogen and oxygen atoms in total. The fraction of sp³-hybridized carbons (Fsp3) is 0.444. The van der Waals surface area contributed by atoms with Gasteiger partial charge in [-0.1, -0.05) is 19.7 Å². The highest BCUT2D eigenvalue weighted by Crippen LogP contribution is 1.90. The van der Waals surface area contributed by atoms with Crippen LogP contribution in [0.1, 0.15) is 6.42 Å². The van der Waals surface area contributed by atoms with E-state index in [9.17, 15) is 19.2 Å². The van der Waals surface area contributed by atoms with Gasteiger partial charge in [-0.15, -0.1) is 0 Å². The molecule has 0 aliphatic rings. The van der Waals surface area contributed by atoms with Crippen molar-refractivity contribution in [3.8, 4) is 0 Å². The van der Waals surface area contributed by atoms with Crippen molar-refractivity contribution in [1.29, 1.82) is 0 Å². The maximum atomic E-state index is 12.6. The molecule has 1 rings (SSSR count). The Morgan fingerprint density at radius 2 is 1.17 bits per heavy atom. The molecule has 1 aromatic rings. The highest BCUT2D eigenvalue weighted by Gasteiger charge is 2.16. The van der Waals surface area contributed by atoms with Gasteiger partial charge in [0, 0.05) is 6.54 Å². The van der Waals surface area contributed by atoms with Crippen molar-refractivity contribution in [2.75, 3.05) is 26.8 Å². The van der Waals surface area contributed by atoms with E-state index in [4.69, 9.17) is 18.9 Å². The first-order valence-corrected chi connectivity index (χ1v) is 8.83. The van der Waals surface area contributed by atoms with Crippen LogP contribution in [0.3, 0.4) is 0 Å². The second kappa shape index (κ2) is 13.7. The maximum absolute atomic E-state index is 12.6. The normalized spacial score (nSPS) is 10.3. The zero-order valence-corrected chi connectivity index (χ0v) is 16.5. The molecule has 0 fully saturated rings. The lowest BCUT2D eigenvalue weighted by atomic mass is 10.4. The number of nitrogens with zero attached hydrogens (tertiary/aromatic N) is 3. The maximum Gasteiger partial charge on any atom is 0.336 e. The van der Waals surface area contributed by atoms with Crippen molar-refractivity contribution in [3.05, 3.63) is 70.0 Å². The second-order valence-electron chi connectivity index (χ2n) is 5.43. The van der Waals surface area contributed by atoms with E-state index >= 15 is 0 Å². The van der Waals surface area contributed by atoms with Crippen LogP contribution in [0, 0.1) is 0 Å². The predicted octanol–water partition coefficient (Wildman–Crippen LogP) is -0.483. The summed E-state index contributed by atoms with van der Waals surface area (Å²) in [5.41, 5.74) is -2.59.